The molecule has 2 aliphatic heterocycles. The fourth-order valence-electron chi connectivity index (χ4n) is 3.26. The molecule has 0 spiro atoms. The number of alkyl halides is 1. The van der Waals surface area contributed by atoms with E-state index in [1.165, 1.54) is 6.07 Å². The molecule has 0 radical (unpaired) electrons. The maximum Gasteiger partial charge on any atom is 0.283 e. The molecule has 1 aromatic carbocycles. The van der Waals surface area contributed by atoms with Gasteiger partial charge in [0, 0.05) is 5.56 Å². The average Bonchev–Trinajstić information content (AvgIpc) is 2.80. The van der Waals surface area contributed by atoms with Crippen molar-refractivity contribution in [3.05, 3.63) is 35.6 Å². The Hall–Kier alpha value is -1.69. The van der Waals surface area contributed by atoms with Crippen LogP contribution in [-0.4, -0.2) is 31.5 Å². The molecule has 0 saturated carbocycles. The Bertz CT molecular complexity index is 552. The number of rotatable bonds is 2. The molecule has 2 N–H and O–H groups in total. The van der Waals surface area contributed by atoms with E-state index < -0.39 is 30.1 Å². The number of nitrogens with two attached hydrogens (primary N) is 1. The summed E-state index contributed by atoms with van der Waals surface area (Å²) in [6.07, 6.45) is -0.690. The van der Waals surface area contributed by atoms with E-state index in [9.17, 15) is 8.78 Å². The van der Waals surface area contributed by atoms with Gasteiger partial charge in [0.2, 0.25) is 0 Å². The number of fused-ring (bicyclic) bond motifs is 1. The van der Waals surface area contributed by atoms with Crippen LogP contribution in [0.25, 0.3) is 0 Å². The zero-order valence-electron chi connectivity index (χ0n) is 11.1. The highest BCUT2D eigenvalue weighted by Gasteiger charge is 2.56. The summed E-state index contributed by atoms with van der Waals surface area (Å²) in [5.41, 5.74) is 4.47. The smallest absolute Gasteiger partial charge is 0.283 e. The Morgan fingerprint density at radius 2 is 2.20 bits per heavy atom. The lowest BCUT2D eigenvalue weighted by Crippen LogP contribution is -2.52. The number of aliphatic imine (C=N–C) groups is 1. The van der Waals surface area contributed by atoms with Gasteiger partial charge in [0.25, 0.3) is 6.02 Å². The van der Waals surface area contributed by atoms with Crippen LogP contribution in [0.15, 0.2) is 29.3 Å². The number of ether oxygens (including phenoxy) is 2. The van der Waals surface area contributed by atoms with E-state index in [1.807, 2.05) is 6.92 Å². The van der Waals surface area contributed by atoms with Gasteiger partial charge < -0.3 is 15.2 Å². The van der Waals surface area contributed by atoms with Crippen LogP contribution in [0.4, 0.5) is 8.78 Å². The molecule has 0 bridgehead atoms. The highest BCUT2D eigenvalue weighted by Crippen LogP contribution is 2.46. The Morgan fingerprint density at radius 3 is 2.90 bits per heavy atom. The first kappa shape index (κ1) is 13.3. The number of hydrogen-bond donors (Lipinski definition) is 1. The van der Waals surface area contributed by atoms with E-state index in [0.29, 0.717) is 6.61 Å². The lowest BCUT2D eigenvalue weighted by atomic mass is 9.74. The number of nitrogens with zero attached hydrogens (tertiary/aromatic N) is 1. The topological polar surface area (TPSA) is 56.8 Å². The quantitative estimate of drug-likeness (QED) is 0.899. The summed E-state index contributed by atoms with van der Waals surface area (Å²) in [5, 5.41) is 0. The first-order valence-electron chi connectivity index (χ1n) is 6.53. The molecule has 1 fully saturated rings. The van der Waals surface area contributed by atoms with Gasteiger partial charge in [0.1, 0.15) is 24.1 Å². The summed E-state index contributed by atoms with van der Waals surface area (Å²) in [6.45, 7) is 1.27. The van der Waals surface area contributed by atoms with Crippen LogP contribution in [0.2, 0.25) is 0 Å². The van der Waals surface area contributed by atoms with Gasteiger partial charge >= 0.3 is 0 Å². The Labute approximate surface area is 115 Å². The largest absolute Gasteiger partial charge is 0.459 e. The van der Waals surface area contributed by atoms with Gasteiger partial charge in [0.05, 0.1) is 18.6 Å². The summed E-state index contributed by atoms with van der Waals surface area (Å²) < 4.78 is 39.0. The van der Waals surface area contributed by atoms with Gasteiger partial charge in [0.15, 0.2) is 0 Å². The maximum absolute atomic E-state index is 14.2. The molecule has 1 aromatic rings. The summed E-state index contributed by atoms with van der Waals surface area (Å²) in [6, 6.07) is 5.93. The molecule has 3 rings (SSSR count). The lowest BCUT2D eigenvalue weighted by Gasteiger charge is -2.41. The van der Waals surface area contributed by atoms with Crippen molar-refractivity contribution in [1.29, 1.82) is 0 Å². The highest BCUT2D eigenvalue weighted by atomic mass is 19.1. The number of hydrogen-bond acceptors (Lipinski definition) is 4. The zero-order valence-corrected chi connectivity index (χ0v) is 11.1. The van der Waals surface area contributed by atoms with Crippen LogP contribution in [0.3, 0.4) is 0 Å². The van der Waals surface area contributed by atoms with Crippen LogP contribution < -0.4 is 5.73 Å². The van der Waals surface area contributed by atoms with Gasteiger partial charge in [-0.25, -0.2) is 13.8 Å². The van der Waals surface area contributed by atoms with Crippen LogP contribution in [0, 0.1) is 11.7 Å². The number of benzene rings is 1. The molecular formula is C14H16F2N2O2. The first-order valence-corrected chi connectivity index (χ1v) is 6.53. The molecular weight excluding hydrogens is 266 g/mol. The first-order chi connectivity index (χ1) is 9.58. The number of amidine groups is 1. The second kappa shape index (κ2) is 4.70. The third-order valence-electron chi connectivity index (χ3n) is 4.11. The standard InChI is InChI=1S/C14H16F2N2O2/c1-8-12-11(6-19-8)20-13(17)18-14(12,7-15)9-4-2-3-5-10(9)16/h2-5,8,11-12H,6-7H2,1H3,(H2,17,18)/t8-,11+,12-,14+/m0/s1. The van der Waals surface area contributed by atoms with Crippen LogP contribution in [0.1, 0.15) is 12.5 Å². The molecule has 20 heavy (non-hydrogen) atoms. The summed E-state index contributed by atoms with van der Waals surface area (Å²) in [4.78, 5) is 4.13. The monoisotopic (exact) mass is 282 g/mol. The van der Waals surface area contributed by atoms with E-state index in [0.717, 1.165) is 0 Å². The van der Waals surface area contributed by atoms with Crippen LogP contribution in [-0.2, 0) is 15.0 Å². The summed E-state index contributed by atoms with van der Waals surface area (Å²) >= 11 is 0. The van der Waals surface area contributed by atoms with Gasteiger partial charge in [-0.15, -0.1) is 0 Å². The second-order valence-electron chi connectivity index (χ2n) is 5.21. The van der Waals surface area contributed by atoms with Crippen molar-refractivity contribution in [1.82, 2.24) is 0 Å². The average molecular weight is 282 g/mol. The molecule has 4 nitrogen and oxygen atoms in total. The second-order valence-corrected chi connectivity index (χ2v) is 5.21. The van der Waals surface area contributed by atoms with Crippen LogP contribution >= 0.6 is 0 Å². The third kappa shape index (κ3) is 1.78. The Kier molecular flexibility index (Phi) is 3.12. The minimum atomic E-state index is -1.38. The van der Waals surface area contributed by atoms with Gasteiger partial charge in [-0.1, -0.05) is 18.2 Å². The molecule has 0 amide bonds. The fraction of sp³-hybridized carbons (Fsp3) is 0.500. The molecule has 0 aliphatic carbocycles. The van der Waals surface area contributed by atoms with E-state index >= 15 is 0 Å². The fourth-order valence-corrected chi connectivity index (χ4v) is 3.26. The summed E-state index contributed by atoms with van der Waals surface area (Å²) in [5.74, 6) is -0.904. The van der Waals surface area contributed by atoms with Gasteiger partial charge in [-0.3, -0.25) is 0 Å². The van der Waals surface area contributed by atoms with Gasteiger partial charge in [-0.2, -0.15) is 0 Å². The van der Waals surface area contributed by atoms with E-state index in [4.69, 9.17) is 15.2 Å². The molecule has 1 saturated heterocycles. The van der Waals surface area contributed by atoms with Crippen molar-refractivity contribution in [3.8, 4) is 0 Å². The van der Waals surface area contributed by atoms with Crippen molar-refractivity contribution in [2.24, 2.45) is 16.6 Å². The minimum absolute atomic E-state index is 0.121. The predicted molar refractivity (Wildman–Crippen MR) is 69.5 cm³/mol. The normalized spacial score (nSPS) is 36.1. The van der Waals surface area contributed by atoms with Crippen LogP contribution in [0.5, 0.6) is 0 Å². The molecule has 4 atom stereocenters. The van der Waals surface area contributed by atoms with E-state index in [1.54, 1.807) is 18.2 Å². The highest BCUT2D eigenvalue weighted by molar-refractivity contribution is 5.73. The minimum Gasteiger partial charge on any atom is -0.459 e. The third-order valence-corrected chi connectivity index (χ3v) is 4.11. The van der Waals surface area contributed by atoms with E-state index in [-0.39, 0.29) is 17.7 Å². The van der Waals surface area contributed by atoms with E-state index in [2.05, 4.69) is 4.99 Å². The van der Waals surface area contributed by atoms with Gasteiger partial charge in [-0.05, 0) is 13.0 Å². The molecule has 0 aromatic heterocycles. The molecule has 0 unspecified atom stereocenters. The molecule has 2 aliphatic rings. The van der Waals surface area contributed by atoms with Crippen molar-refractivity contribution in [2.45, 2.75) is 24.7 Å². The molecule has 2 heterocycles. The zero-order chi connectivity index (χ0) is 14.3. The Balaban J connectivity index is 2.18. The predicted octanol–water partition coefficient (Wildman–Crippen LogP) is 1.74. The van der Waals surface area contributed by atoms with Crippen molar-refractivity contribution >= 4 is 6.02 Å². The van der Waals surface area contributed by atoms with Crippen molar-refractivity contribution < 1.29 is 18.3 Å². The number of halogens is 2. The maximum atomic E-state index is 14.2. The van der Waals surface area contributed by atoms with Crippen molar-refractivity contribution in [2.75, 3.05) is 13.3 Å². The molecule has 108 valence electrons. The Morgan fingerprint density at radius 1 is 1.45 bits per heavy atom. The molecule has 6 heteroatoms. The van der Waals surface area contributed by atoms with Crippen molar-refractivity contribution in [3.63, 3.8) is 0 Å². The summed E-state index contributed by atoms with van der Waals surface area (Å²) in [7, 11) is 0. The lowest BCUT2D eigenvalue weighted by molar-refractivity contribution is 0.0429. The SMILES string of the molecule is C[C@@H]1OC[C@H]2OC(N)=N[C@](CF)(c3ccccc3F)[C@@H]12.